The molecule has 0 saturated carbocycles. The Kier molecular flexibility index (Phi) is 7.37. The molecule has 0 atom stereocenters. The van der Waals surface area contributed by atoms with Crippen LogP contribution in [0.4, 0.5) is 11.6 Å². The molecular formula is C32H44N6O2. The van der Waals surface area contributed by atoms with E-state index in [0.29, 0.717) is 33.9 Å². The molecule has 4 aromatic rings. The molecule has 0 radical (unpaired) electrons. The van der Waals surface area contributed by atoms with Gasteiger partial charge in [0.15, 0.2) is 22.8 Å². The van der Waals surface area contributed by atoms with Crippen LogP contribution in [0.25, 0.3) is 33.3 Å². The first kappa shape index (κ1) is 29.3. The molecule has 0 unspecified atom stereocenters. The Hall–Kier alpha value is -3.68. The number of rotatable bonds is 3. The number of nitrogens with one attached hydrogen (secondary N) is 2. The predicted octanol–water partition coefficient (Wildman–Crippen LogP) is 7.46. The normalized spacial score (nSPS) is 14.3. The highest BCUT2D eigenvalue weighted by Gasteiger charge is 2.19. The lowest BCUT2D eigenvalue weighted by molar-refractivity contribution is 0.472. The van der Waals surface area contributed by atoms with E-state index in [0.717, 1.165) is 22.2 Å². The maximum Gasteiger partial charge on any atom is 0.258 e. The van der Waals surface area contributed by atoms with Crippen molar-refractivity contribution in [2.24, 2.45) is 9.98 Å². The second-order valence-electron chi connectivity index (χ2n) is 14.4. The lowest BCUT2D eigenvalue weighted by Gasteiger charge is -2.22. The van der Waals surface area contributed by atoms with Gasteiger partial charge in [0.1, 0.15) is 11.0 Å². The van der Waals surface area contributed by atoms with Gasteiger partial charge in [-0.15, -0.1) is 0 Å². The number of hydrogen-bond acceptors (Lipinski definition) is 8. The minimum Gasteiger partial charge on any atom is -0.434 e. The summed E-state index contributed by atoms with van der Waals surface area (Å²) in [5.74, 6) is 1.26. The van der Waals surface area contributed by atoms with Crippen molar-refractivity contribution in [3.63, 3.8) is 0 Å². The Morgan fingerprint density at radius 3 is 1.20 bits per heavy atom. The average molecular weight is 545 g/mol. The summed E-state index contributed by atoms with van der Waals surface area (Å²) in [6, 6.07) is 12.0. The van der Waals surface area contributed by atoms with E-state index in [-0.39, 0.29) is 22.2 Å². The van der Waals surface area contributed by atoms with Crippen LogP contribution in [-0.2, 0) is 0 Å². The number of fused-ring (bicyclic) bond motifs is 2. The van der Waals surface area contributed by atoms with E-state index in [1.54, 1.807) is 0 Å². The molecular weight excluding hydrogens is 500 g/mol. The van der Waals surface area contributed by atoms with Gasteiger partial charge in [-0.05, 0) is 118 Å². The molecule has 40 heavy (non-hydrogen) atoms. The van der Waals surface area contributed by atoms with Crippen LogP contribution in [-0.4, -0.2) is 32.1 Å². The van der Waals surface area contributed by atoms with Crippen LogP contribution >= 0.6 is 0 Å². The summed E-state index contributed by atoms with van der Waals surface area (Å²) >= 11 is 0. The first-order valence-electron chi connectivity index (χ1n) is 13.8. The maximum absolute atomic E-state index is 6.35. The third kappa shape index (κ3) is 7.71. The summed E-state index contributed by atoms with van der Waals surface area (Å²) in [7, 11) is 0. The molecule has 0 bridgehead atoms. The minimum atomic E-state index is -0.325. The fourth-order valence-electron chi connectivity index (χ4n) is 4.01. The van der Waals surface area contributed by atoms with Crippen molar-refractivity contribution in [2.75, 3.05) is 10.6 Å². The number of anilines is 2. The molecule has 0 aliphatic carbocycles. The smallest absolute Gasteiger partial charge is 0.258 e. The van der Waals surface area contributed by atoms with E-state index in [2.05, 4.69) is 52.2 Å². The monoisotopic (exact) mass is 544 g/mol. The molecule has 0 fully saturated rings. The fourth-order valence-corrected chi connectivity index (χ4v) is 4.01. The fraction of sp³-hybridized carbons (Fsp3) is 0.500. The number of nitrogens with zero attached hydrogens (tertiary/aromatic N) is 4. The van der Waals surface area contributed by atoms with Gasteiger partial charge in [-0.2, -0.15) is 0 Å². The van der Waals surface area contributed by atoms with Gasteiger partial charge in [0.25, 0.3) is 11.1 Å². The summed E-state index contributed by atoms with van der Waals surface area (Å²) in [5, 5.41) is 6.88. The van der Waals surface area contributed by atoms with Gasteiger partial charge in [0.05, 0.1) is 11.1 Å². The molecule has 0 saturated heterocycles. The molecule has 4 rings (SSSR count). The predicted molar refractivity (Wildman–Crippen MR) is 164 cm³/mol. The molecule has 0 aliphatic heterocycles. The van der Waals surface area contributed by atoms with Gasteiger partial charge in [-0.25, -0.2) is 20.0 Å². The first-order valence-corrected chi connectivity index (χ1v) is 13.8. The zero-order valence-electron chi connectivity index (χ0n) is 26.1. The topological polar surface area (TPSA) is 101 Å². The third-order valence-electron chi connectivity index (χ3n) is 5.40. The van der Waals surface area contributed by atoms with Crippen LogP contribution in [0.3, 0.4) is 0 Å². The van der Waals surface area contributed by atoms with E-state index in [1.807, 2.05) is 77.9 Å². The summed E-state index contributed by atoms with van der Waals surface area (Å²) in [6.07, 6.45) is 0. The van der Waals surface area contributed by atoms with Gasteiger partial charge < -0.3 is 19.5 Å². The lowest BCUT2D eigenvalue weighted by atomic mass is 10.0. The average Bonchev–Trinajstić information content (AvgIpc) is 2.75. The molecule has 8 heteroatoms. The van der Waals surface area contributed by atoms with Crippen LogP contribution in [0.2, 0.25) is 0 Å². The SMILES string of the molecule is CC(C)(C)N=c1oc2cc(-c3ccc4nc(NC(C)(C)C)c(=NC(C)(C)C)oc4c3)ccc2nc1NC(C)(C)C. The van der Waals surface area contributed by atoms with E-state index in [1.165, 1.54) is 0 Å². The Morgan fingerprint density at radius 2 is 0.900 bits per heavy atom. The highest BCUT2D eigenvalue weighted by Crippen LogP contribution is 2.27. The zero-order chi connectivity index (χ0) is 29.7. The van der Waals surface area contributed by atoms with E-state index in [9.17, 15) is 0 Å². The Labute approximate surface area is 237 Å². The molecule has 0 spiro atoms. The quantitative estimate of drug-likeness (QED) is 0.278. The molecule has 2 aromatic heterocycles. The summed E-state index contributed by atoms with van der Waals surface area (Å²) in [5.41, 5.74) is 4.68. The maximum atomic E-state index is 6.35. The summed E-state index contributed by atoms with van der Waals surface area (Å²) in [6.45, 7) is 24.8. The molecule has 2 heterocycles. The minimum absolute atomic E-state index is 0.193. The Balaban J connectivity index is 1.87. The van der Waals surface area contributed by atoms with Crippen LogP contribution in [0.5, 0.6) is 0 Å². The Bertz CT molecular complexity index is 1560. The van der Waals surface area contributed by atoms with E-state index in [4.69, 9.17) is 28.8 Å². The second-order valence-corrected chi connectivity index (χ2v) is 14.4. The highest BCUT2D eigenvalue weighted by atomic mass is 16.3. The van der Waals surface area contributed by atoms with E-state index < -0.39 is 0 Å². The number of benzene rings is 2. The van der Waals surface area contributed by atoms with Crippen molar-refractivity contribution < 1.29 is 8.83 Å². The van der Waals surface area contributed by atoms with Crippen molar-refractivity contribution in [3.05, 3.63) is 47.5 Å². The third-order valence-corrected chi connectivity index (χ3v) is 5.40. The van der Waals surface area contributed by atoms with Crippen molar-refractivity contribution in [1.29, 1.82) is 0 Å². The summed E-state index contributed by atoms with van der Waals surface area (Å²) in [4.78, 5) is 19.4. The van der Waals surface area contributed by atoms with Gasteiger partial charge in [-0.3, -0.25) is 0 Å². The van der Waals surface area contributed by atoms with Crippen molar-refractivity contribution in [2.45, 2.75) is 105 Å². The largest absolute Gasteiger partial charge is 0.434 e. The molecule has 8 nitrogen and oxygen atoms in total. The lowest BCUT2D eigenvalue weighted by Crippen LogP contribution is -2.31. The van der Waals surface area contributed by atoms with Gasteiger partial charge in [0.2, 0.25) is 0 Å². The molecule has 0 aliphatic rings. The number of aromatic nitrogens is 2. The van der Waals surface area contributed by atoms with Crippen LogP contribution in [0, 0.1) is 0 Å². The summed E-state index contributed by atoms with van der Waals surface area (Å²) < 4.78 is 12.7. The van der Waals surface area contributed by atoms with Gasteiger partial charge in [-0.1, -0.05) is 12.1 Å². The van der Waals surface area contributed by atoms with Crippen molar-refractivity contribution in [1.82, 2.24) is 9.97 Å². The van der Waals surface area contributed by atoms with Gasteiger partial charge >= 0.3 is 0 Å². The second kappa shape index (κ2) is 10.1. The molecule has 2 aromatic carbocycles. The standard InChI is InChI=1S/C32H44N6O2/c1-29(2,3)35-25-27(37-31(7,8)9)39-23-17-19(13-15-21(23)33-25)20-14-16-22-24(18-20)40-28(38-32(10,11)12)26(34-22)36-30(4,5)6/h13-18H,1-12H3,(H,33,35)(H,34,36). The Morgan fingerprint density at radius 1 is 0.550 bits per heavy atom. The molecule has 2 N–H and O–H groups in total. The number of hydrogen-bond donors (Lipinski definition) is 2. The van der Waals surface area contributed by atoms with E-state index >= 15 is 0 Å². The van der Waals surface area contributed by atoms with Crippen LogP contribution in [0.15, 0.2) is 55.2 Å². The van der Waals surface area contributed by atoms with Gasteiger partial charge in [0, 0.05) is 11.1 Å². The van der Waals surface area contributed by atoms with Crippen LogP contribution < -0.4 is 21.7 Å². The molecule has 214 valence electrons. The molecule has 0 amide bonds. The van der Waals surface area contributed by atoms with Crippen molar-refractivity contribution in [3.8, 4) is 11.1 Å². The first-order chi connectivity index (χ1) is 18.2. The highest BCUT2D eigenvalue weighted by molar-refractivity contribution is 5.85. The van der Waals surface area contributed by atoms with Crippen molar-refractivity contribution >= 4 is 33.8 Å². The zero-order valence-corrected chi connectivity index (χ0v) is 26.1. The van der Waals surface area contributed by atoms with Crippen LogP contribution in [0.1, 0.15) is 83.1 Å².